The van der Waals surface area contributed by atoms with Gasteiger partial charge >= 0.3 is 0 Å². The van der Waals surface area contributed by atoms with Crippen molar-refractivity contribution in [3.63, 3.8) is 0 Å². The Bertz CT molecular complexity index is 1090. The normalized spacial score (nSPS) is 11.2. The maximum atomic E-state index is 12.6. The van der Waals surface area contributed by atoms with Crippen molar-refractivity contribution in [3.05, 3.63) is 66.1 Å². The first-order valence-corrected chi connectivity index (χ1v) is 11.5. The van der Waals surface area contributed by atoms with Gasteiger partial charge < -0.3 is 15.4 Å². The fraction of sp³-hybridized carbons (Fsp3) is 0.385. The monoisotopic (exact) mass is 463 g/mol. The van der Waals surface area contributed by atoms with Crippen molar-refractivity contribution in [2.24, 2.45) is 0 Å². The summed E-state index contributed by atoms with van der Waals surface area (Å²) in [6.07, 6.45) is 3.41. The zero-order valence-corrected chi connectivity index (χ0v) is 20.3. The van der Waals surface area contributed by atoms with Crippen LogP contribution in [-0.4, -0.2) is 40.2 Å². The van der Waals surface area contributed by atoms with Gasteiger partial charge in [-0.2, -0.15) is 5.10 Å². The van der Waals surface area contributed by atoms with Crippen LogP contribution in [0.15, 0.2) is 54.7 Å². The summed E-state index contributed by atoms with van der Waals surface area (Å²) >= 11 is 0. The number of amides is 2. The Hall–Kier alpha value is -3.68. The van der Waals surface area contributed by atoms with E-state index in [4.69, 9.17) is 9.84 Å². The number of carbonyl (C=O) groups excluding carboxylic acids is 2. The predicted molar refractivity (Wildman–Crippen MR) is 132 cm³/mol. The van der Waals surface area contributed by atoms with E-state index in [1.54, 1.807) is 18.0 Å². The fourth-order valence-electron chi connectivity index (χ4n) is 3.34. The van der Waals surface area contributed by atoms with Gasteiger partial charge in [0.1, 0.15) is 11.6 Å². The molecule has 0 radical (unpaired) electrons. The largest absolute Gasteiger partial charge is 0.497 e. The van der Waals surface area contributed by atoms with Gasteiger partial charge in [-0.1, -0.05) is 26.8 Å². The third-order valence-corrected chi connectivity index (χ3v) is 5.30. The highest BCUT2D eigenvalue weighted by Crippen LogP contribution is 2.27. The van der Waals surface area contributed by atoms with Crippen LogP contribution in [0.1, 0.15) is 51.4 Å². The van der Waals surface area contributed by atoms with Crippen LogP contribution < -0.4 is 15.4 Å². The molecular weight excluding hydrogens is 430 g/mol. The lowest BCUT2D eigenvalue weighted by Crippen LogP contribution is -2.26. The van der Waals surface area contributed by atoms with E-state index >= 15 is 0 Å². The van der Waals surface area contributed by atoms with Gasteiger partial charge in [-0.05, 0) is 42.8 Å². The van der Waals surface area contributed by atoms with Crippen LogP contribution in [0.4, 0.5) is 5.82 Å². The Kier molecular flexibility index (Phi) is 8.40. The number of aromatic nitrogens is 3. The second-order valence-corrected chi connectivity index (χ2v) is 9.10. The highest BCUT2D eigenvalue weighted by molar-refractivity contribution is 5.90. The molecule has 34 heavy (non-hydrogen) atoms. The van der Waals surface area contributed by atoms with Crippen molar-refractivity contribution in [3.8, 4) is 11.4 Å². The van der Waals surface area contributed by atoms with E-state index in [2.05, 4.69) is 36.4 Å². The second kappa shape index (κ2) is 11.4. The summed E-state index contributed by atoms with van der Waals surface area (Å²) < 4.78 is 6.96. The minimum Gasteiger partial charge on any atom is -0.497 e. The van der Waals surface area contributed by atoms with Crippen molar-refractivity contribution < 1.29 is 14.3 Å². The molecular formula is C26H33N5O3. The van der Waals surface area contributed by atoms with Gasteiger partial charge in [-0.3, -0.25) is 14.6 Å². The summed E-state index contributed by atoms with van der Waals surface area (Å²) in [4.78, 5) is 29.0. The summed E-state index contributed by atoms with van der Waals surface area (Å²) in [7, 11) is 1.62. The molecule has 2 aromatic heterocycles. The van der Waals surface area contributed by atoms with E-state index in [1.807, 2.05) is 48.5 Å². The quantitative estimate of drug-likeness (QED) is 0.473. The summed E-state index contributed by atoms with van der Waals surface area (Å²) in [5.74, 6) is 1.12. The number of rotatable bonds is 10. The number of carbonyl (C=O) groups is 2. The zero-order chi connectivity index (χ0) is 24.6. The maximum Gasteiger partial charge on any atom is 0.225 e. The topological polar surface area (TPSA) is 98.1 Å². The van der Waals surface area contributed by atoms with Gasteiger partial charge in [0.2, 0.25) is 11.8 Å². The molecule has 0 aliphatic heterocycles. The van der Waals surface area contributed by atoms with E-state index in [-0.39, 0.29) is 23.7 Å². The first-order valence-electron chi connectivity index (χ1n) is 11.5. The Morgan fingerprint density at radius 3 is 2.41 bits per heavy atom. The van der Waals surface area contributed by atoms with Crippen LogP contribution in [0.5, 0.6) is 5.75 Å². The molecule has 0 aliphatic carbocycles. The van der Waals surface area contributed by atoms with E-state index in [9.17, 15) is 9.59 Å². The second-order valence-electron chi connectivity index (χ2n) is 9.10. The molecule has 0 unspecified atom stereocenters. The highest BCUT2D eigenvalue weighted by atomic mass is 16.5. The molecule has 0 saturated carbocycles. The molecule has 0 bridgehead atoms. The number of nitrogens with one attached hydrogen (secondary N) is 2. The zero-order valence-electron chi connectivity index (χ0n) is 20.3. The number of anilines is 1. The van der Waals surface area contributed by atoms with Crippen LogP contribution in [-0.2, 0) is 21.4 Å². The SMILES string of the molecule is COc1ccc(-n2nc(C(C)(C)C)cc2NC(=O)CCCC(=O)NCCc2ccccn2)cc1. The fourth-order valence-corrected chi connectivity index (χ4v) is 3.34. The summed E-state index contributed by atoms with van der Waals surface area (Å²) in [6.45, 7) is 6.75. The van der Waals surface area contributed by atoms with E-state index in [0.29, 0.717) is 31.6 Å². The summed E-state index contributed by atoms with van der Waals surface area (Å²) in [5, 5.41) is 10.6. The number of nitrogens with zero attached hydrogens (tertiary/aromatic N) is 3. The number of methoxy groups -OCH3 is 1. The third-order valence-electron chi connectivity index (χ3n) is 5.30. The first kappa shape index (κ1) is 25.0. The Morgan fingerprint density at radius 2 is 1.76 bits per heavy atom. The van der Waals surface area contributed by atoms with Crippen LogP contribution >= 0.6 is 0 Å². The van der Waals surface area contributed by atoms with Crippen LogP contribution in [0, 0.1) is 0 Å². The van der Waals surface area contributed by atoms with Crippen LogP contribution in [0.2, 0.25) is 0 Å². The van der Waals surface area contributed by atoms with Crippen LogP contribution in [0.3, 0.4) is 0 Å². The number of pyridine rings is 1. The van der Waals surface area contributed by atoms with Gasteiger partial charge in [0.15, 0.2) is 0 Å². The van der Waals surface area contributed by atoms with Crippen molar-refractivity contribution in [1.82, 2.24) is 20.1 Å². The average Bonchev–Trinajstić information content (AvgIpc) is 3.24. The van der Waals surface area contributed by atoms with E-state index in [0.717, 1.165) is 22.8 Å². The molecule has 0 spiro atoms. The molecule has 180 valence electrons. The standard InChI is InChI=1S/C26H33N5O3/c1-26(2,3)22-18-23(31(30-22)20-11-13-21(34-4)14-12-20)29-25(33)10-7-9-24(32)28-17-15-19-8-5-6-16-27-19/h5-6,8,11-14,16,18H,7,9-10,15,17H2,1-4H3,(H,28,32)(H,29,33). The molecule has 3 aromatic rings. The molecule has 3 rings (SSSR count). The summed E-state index contributed by atoms with van der Waals surface area (Å²) in [5.41, 5.74) is 2.44. The van der Waals surface area contributed by atoms with Crippen molar-refractivity contribution in [2.75, 3.05) is 19.0 Å². The number of hydrogen-bond donors (Lipinski definition) is 2. The molecule has 2 amide bonds. The Morgan fingerprint density at radius 1 is 1.03 bits per heavy atom. The van der Waals surface area contributed by atoms with Gasteiger partial charge in [0, 0.05) is 49.2 Å². The number of ether oxygens (including phenoxy) is 1. The number of benzene rings is 1. The molecule has 1 aromatic carbocycles. The summed E-state index contributed by atoms with van der Waals surface area (Å²) in [6, 6.07) is 15.1. The lowest BCUT2D eigenvalue weighted by atomic mass is 9.92. The van der Waals surface area contributed by atoms with Gasteiger partial charge in [-0.25, -0.2) is 4.68 Å². The predicted octanol–water partition coefficient (Wildman–Crippen LogP) is 4.04. The van der Waals surface area contributed by atoms with Gasteiger partial charge in [0.05, 0.1) is 18.5 Å². The van der Waals surface area contributed by atoms with E-state index < -0.39 is 0 Å². The molecule has 8 heteroatoms. The maximum absolute atomic E-state index is 12.6. The van der Waals surface area contributed by atoms with Crippen molar-refractivity contribution in [1.29, 1.82) is 0 Å². The van der Waals surface area contributed by atoms with Gasteiger partial charge in [0.25, 0.3) is 0 Å². The lowest BCUT2D eigenvalue weighted by Gasteiger charge is -2.14. The molecule has 2 N–H and O–H groups in total. The van der Waals surface area contributed by atoms with E-state index in [1.165, 1.54) is 0 Å². The first-order chi connectivity index (χ1) is 16.3. The Balaban J connectivity index is 1.54. The Labute approximate surface area is 200 Å². The minimum absolute atomic E-state index is 0.0676. The van der Waals surface area contributed by atoms with Crippen molar-refractivity contribution in [2.45, 2.75) is 51.9 Å². The lowest BCUT2D eigenvalue weighted by molar-refractivity contribution is -0.121. The van der Waals surface area contributed by atoms with Crippen molar-refractivity contribution >= 4 is 17.6 Å². The molecule has 0 saturated heterocycles. The minimum atomic E-state index is -0.176. The smallest absolute Gasteiger partial charge is 0.225 e. The molecule has 0 atom stereocenters. The number of hydrogen-bond acceptors (Lipinski definition) is 5. The molecule has 0 fully saturated rings. The third kappa shape index (κ3) is 7.16. The molecule has 2 heterocycles. The van der Waals surface area contributed by atoms with Gasteiger partial charge in [-0.15, -0.1) is 0 Å². The highest BCUT2D eigenvalue weighted by Gasteiger charge is 2.21. The van der Waals surface area contributed by atoms with Crippen LogP contribution in [0.25, 0.3) is 5.69 Å². The average molecular weight is 464 g/mol. The molecule has 8 nitrogen and oxygen atoms in total. The molecule has 0 aliphatic rings.